The standard InChI is InChI=1S/C17H20FN/c1-11-7-13(3)17(8-12(11)2)16-6-5-15(18)9-14(16)10-19-4/h5-9,19H,10H2,1-4H3. The molecule has 2 heteroatoms. The van der Waals surface area contributed by atoms with Gasteiger partial charge in [-0.1, -0.05) is 18.2 Å². The summed E-state index contributed by atoms with van der Waals surface area (Å²) in [6.07, 6.45) is 0. The molecule has 2 aromatic carbocycles. The number of halogens is 1. The summed E-state index contributed by atoms with van der Waals surface area (Å²) in [6.45, 7) is 7.00. The highest BCUT2D eigenvalue weighted by Crippen LogP contribution is 2.29. The molecule has 0 heterocycles. The molecule has 0 bridgehead atoms. The van der Waals surface area contributed by atoms with Crippen molar-refractivity contribution in [2.75, 3.05) is 7.05 Å². The summed E-state index contributed by atoms with van der Waals surface area (Å²) >= 11 is 0. The molecule has 0 amide bonds. The van der Waals surface area contributed by atoms with E-state index in [9.17, 15) is 4.39 Å². The highest BCUT2D eigenvalue weighted by Gasteiger charge is 2.10. The van der Waals surface area contributed by atoms with Crippen LogP contribution in [0.5, 0.6) is 0 Å². The van der Waals surface area contributed by atoms with Crippen molar-refractivity contribution in [3.05, 3.63) is 58.4 Å². The average Bonchev–Trinajstić information content (AvgIpc) is 2.35. The highest BCUT2D eigenvalue weighted by molar-refractivity contribution is 5.72. The number of hydrogen-bond donors (Lipinski definition) is 1. The Morgan fingerprint density at radius 1 is 0.895 bits per heavy atom. The lowest BCUT2D eigenvalue weighted by Crippen LogP contribution is -2.07. The van der Waals surface area contributed by atoms with Crippen LogP contribution in [0.25, 0.3) is 11.1 Å². The third-order valence-electron chi connectivity index (χ3n) is 3.57. The summed E-state index contributed by atoms with van der Waals surface area (Å²) in [4.78, 5) is 0. The Morgan fingerprint density at radius 3 is 2.26 bits per heavy atom. The van der Waals surface area contributed by atoms with Crippen molar-refractivity contribution in [3.8, 4) is 11.1 Å². The fraction of sp³-hybridized carbons (Fsp3) is 0.294. The Kier molecular flexibility index (Phi) is 4.01. The summed E-state index contributed by atoms with van der Waals surface area (Å²) in [5, 5.41) is 3.10. The van der Waals surface area contributed by atoms with Crippen molar-refractivity contribution < 1.29 is 4.39 Å². The summed E-state index contributed by atoms with van der Waals surface area (Å²) in [5.74, 6) is -0.185. The number of rotatable bonds is 3. The highest BCUT2D eigenvalue weighted by atomic mass is 19.1. The van der Waals surface area contributed by atoms with Crippen LogP contribution >= 0.6 is 0 Å². The molecule has 0 fully saturated rings. The maximum Gasteiger partial charge on any atom is 0.123 e. The van der Waals surface area contributed by atoms with Gasteiger partial charge in [0.2, 0.25) is 0 Å². The first-order valence-electron chi connectivity index (χ1n) is 6.54. The molecular weight excluding hydrogens is 237 g/mol. The van der Waals surface area contributed by atoms with Gasteiger partial charge in [-0.05, 0) is 73.3 Å². The Hall–Kier alpha value is -1.67. The van der Waals surface area contributed by atoms with Gasteiger partial charge in [-0.15, -0.1) is 0 Å². The molecule has 0 saturated carbocycles. The largest absolute Gasteiger partial charge is 0.316 e. The Balaban J connectivity index is 2.61. The predicted octanol–water partition coefficient (Wildman–Crippen LogP) is 4.14. The first kappa shape index (κ1) is 13.8. The van der Waals surface area contributed by atoms with Gasteiger partial charge in [-0.25, -0.2) is 4.39 Å². The monoisotopic (exact) mass is 257 g/mol. The zero-order valence-corrected chi connectivity index (χ0v) is 12.0. The lowest BCUT2D eigenvalue weighted by molar-refractivity contribution is 0.624. The molecular formula is C17H20FN. The lowest BCUT2D eigenvalue weighted by atomic mass is 9.92. The molecule has 0 saturated heterocycles. The molecule has 0 spiro atoms. The van der Waals surface area contributed by atoms with Crippen LogP contribution in [-0.2, 0) is 6.54 Å². The van der Waals surface area contributed by atoms with Crippen molar-refractivity contribution in [3.63, 3.8) is 0 Å². The first-order valence-corrected chi connectivity index (χ1v) is 6.54. The van der Waals surface area contributed by atoms with E-state index < -0.39 is 0 Å². The lowest BCUT2D eigenvalue weighted by Gasteiger charge is -2.14. The third-order valence-corrected chi connectivity index (χ3v) is 3.57. The van der Waals surface area contributed by atoms with Crippen LogP contribution < -0.4 is 5.32 Å². The summed E-state index contributed by atoms with van der Waals surface area (Å²) in [6, 6.07) is 9.40. The van der Waals surface area contributed by atoms with Gasteiger partial charge >= 0.3 is 0 Å². The second kappa shape index (κ2) is 5.54. The van der Waals surface area contributed by atoms with Crippen LogP contribution in [-0.4, -0.2) is 7.05 Å². The van der Waals surface area contributed by atoms with E-state index in [1.165, 1.54) is 28.3 Å². The Morgan fingerprint density at radius 2 is 1.58 bits per heavy atom. The van der Waals surface area contributed by atoms with E-state index in [0.29, 0.717) is 6.54 Å². The summed E-state index contributed by atoms with van der Waals surface area (Å²) < 4.78 is 13.4. The first-order chi connectivity index (χ1) is 9.02. The molecule has 0 aliphatic rings. The van der Waals surface area contributed by atoms with Gasteiger partial charge in [-0.3, -0.25) is 0 Å². The van der Waals surface area contributed by atoms with Crippen molar-refractivity contribution in [1.82, 2.24) is 5.32 Å². The zero-order chi connectivity index (χ0) is 14.0. The second-order valence-electron chi connectivity index (χ2n) is 5.08. The number of aryl methyl sites for hydroxylation is 3. The van der Waals surface area contributed by atoms with Crippen molar-refractivity contribution in [1.29, 1.82) is 0 Å². The Labute approximate surface area is 114 Å². The van der Waals surface area contributed by atoms with E-state index in [1.54, 1.807) is 6.07 Å². The summed E-state index contributed by atoms with van der Waals surface area (Å²) in [7, 11) is 1.88. The van der Waals surface area contributed by atoms with E-state index in [0.717, 1.165) is 11.1 Å². The Bertz CT molecular complexity index is 602. The van der Waals surface area contributed by atoms with E-state index in [2.05, 4.69) is 38.2 Å². The number of nitrogens with one attached hydrogen (secondary N) is 1. The fourth-order valence-electron chi connectivity index (χ4n) is 2.41. The van der Waals surface area contributed by atoms with E-state index in [1.807, 2.05) is 13.1 Å². The smallest absolute Gasteiger partial charge is 0.123 e. The molecule has 1 nitrogen and oxygen atoms in total. The van der Waals surface area contributed by atoms with Crippen LogP contribution in [0.2, 0.25) is 0 Å². The molecule has 0 unspecified atom stereocenters. The molecule has 0 aromatic heterocycles. The van der Waals surface area contributed by atoms with Gasteiger partial charge in [-0.2, -0.15) is 0 Å². The predicted molar refractivity (Wildman–Crippen MR) is 78.8 cm³/mol. The third kappa shape index (κ3) is 2.85. The van der Waals surface area contributed by atoms with E-state index in [4.69, 9.17) is 0 Å². The minimum Gasteiger partial charge on any atom is -0.316 e. The number of benzene rings is 2. The van der Waals surface area contributed by atoms with Crippen LogP contribution in [0.3, 0.4) is 0 Å². The quantitative estimate of drug-likeness (QED) is 0.871. The topological polar surface area (TPSA) is 12.0 Å². The van der Waals surface area contributed by atoms with Gasteiger partial charge in [0.1, 0.15) is 5.82 Å². The van der Waals surface area contributed by atoms with Crippen LogP contribution in [0.4, 0.5) is 4.39 Å². The number of hydrogen-bond acceptors (Lipinski definition) is 1. The van der Waals surface area contributed by atoms with Crippen LogP contribution in [0, 0.1) is 26.6 Å². The zero-order valence-electron chi connectivity index (χ0n) is 12.0. The average molecular weight is 257 g/mol. The molecule has 19 heavy (non-hydrogen) atoms. The minimum atomic E-state index is -0.185. The second-order valence-corrected chi connectivity index (χ2v) is 5.08. The molecule has 0 aliphatic heterocycles. The molecule has 2 aromatic rings. The molecule has 0 aliphatic carbocycles. The molecule has 0 radical (unpaired) electrons. The van der Waals surface area contributed by atoms with Gasteiger partial charge in [0.15, 0.2) is 0 Å². The molecule has 2 rings (SSSR count). The maximum atomic E-state index is 13.4. The molecule has 100 valence electrons. The fourth-order valence-corrected chi connectivity index (χ4v) is 2.41. The SMILES string of the molecule is CNCc1cc(F)ccc1-c1cc(C)c(C)cc1C. The van der Waals surface area contributed by atoms with Crippen LogP contribution in [0.15, 0.2) is 30.3 Å². The van der Waals surface area contributed by atoms with Crippen molar-refractivity contribution in [2.45, 2.75) is 27.3 Å². The molecule has 1 N–H and O–H groups in total. The van der Waals surface area contributed by atoms with Crippen LogP contribution in [0.1, 0.15) is 22.3 Å². The van der Waals surface area contributed by atoms with Gasteiger partial charge in [0.05, 0.1) is 0 Å². The van der Waals surface area contributed by atoms with Crippen molar-refractivity contribution >= 4 is 0 Å². The molecule has 0 atom stereocenters. The van der Waals surface area contributed by atoms with Gasteiger partial charge in [0, 0.05) is 6.54 Å². The normalized spacial score (nSPS) is 10.8. The van der Waals surface area contributed by atoms with E-state index in [-0.39, 0.29) is 5.82 Å². The van der Waals surface area contributed by atoms with Crippen molar-refractivity contribution in [2.24, 2.45) is 0 Å². The maximum absolute atomic E-state index is 13.4. The minimum absolute atomic E-state index is 0.185. The summed E-state index contributed by atoms with van der Waals surface area (Å²) in [5.41, 5.74) is 7.07. The van der Waals surface area contributed by atoms with Gasteiger partial charge < -0.3 is 5.32 Å². The van der Waals surface area contributed by atoms with E-state index >= 15 is 0 Å². The van der Waals surface area contributed by atoms with Gasteiger partial charge in [0.25, 0.3) is 0 Å².